The minimum absolute atomic E-state index is 0.0717. The first kappa shape index (κ1) is 26.6. The molecule has 0 atom stereocenters. The summed E-state index contributed by atoms with van der Waals surface area (Å²) in [4.78, 5) is 42.9. The van der Waals surface area contributed by atoms with Crippen molar-refractivity contribution in [3.05, 3.63) is 46.2 Å². The number of carbonyl (C=O) groups excluding carboxylic acids is 2. The van der Waals surface area contributed by atoms with Crippen molar-refractivity contribution in [1.82, 2.24) is 20.2 Å². The summed E-state index contributed by atoms with van der Waals surface area (Å²) in [6.45, 7) is 1.65. The normalized spacial score (nSPS) is 13.1. The highest BCUT2D eigenvalue weighted by molar-refractivity contribution is 7.99. The largest absolute Gasteiger partial charge is 0.454 e. The van der Waals surface area contributed by atoms with Crippen LogP contribution in [0.1, 0.15) is 18.4 Å². The third-order valence-corrected chi connectivity index (χ3v) is 7.06. The topological polar surface area (TPSA) is 139 Å². The molecule has 0 saturated heterocycles. The van der Waals surface area contributed by atoms with Gasteiger partial charge in [0.25, 0.3) is 5.56 Å². The maximum absolute atomic E-state index is 13.5. The smallest absolute Gasteiger partial charge is 0.262 e. The molecule has 206 valence electrons. The molecule has 0 spiro atoms. The second kappa shape index (κ2) is 12.3. The van der Waals surface area contributed by atoms with Crippen molar-refractivity contribution in [1.29, 1.82) is 0 Å². The van der Waals surface area contributed by atoms with Crippen LogP contribution in [0, 0.1) is 0 Å². The quantitative estimate of drug-likeness (QED) is 0.193. The van der Waals surface area contributed by atoms with Crippen molar-refractivity contribution in [3.63, 3.8) is 0 Å². The Morgan fingerprint density at radius 1 is 1.00 bits per heavy atom. The van der Waals surface area contributed by atoms with Crippen LogP contribution in [-0.4, -0.2) is 61.0 Å². The lowest BCUT2D eigenvalue weighted by Crippen LogP contribution is -2.29. The summed E-state index contributed by atoms with van der Waals surface area (Å²) in [6.07, 6.45) is 0.607. The Balaban J connectivity index is 1.25. The van der Waals surface area contributed by atoms with E-state index < -0.39 is 0 Å². The summed E-state index contributed by atoms with van der Waals surface area (Å²) in [6, 6.07) is 8.80. The fourth-order valence-corrected chi connectivity index (χ4v) is 4.96. The van der Waals surface area contributed by atoms with Crippen LogP contribution in [0.15, 0.2) is 40.3 Å². The average molecular weight is 557 g/mol. The van der Waals surface area contributed by atoms with E-state index in [0.717, 1.165) is 17.3 Å². The predicted octanol–water partition coefficient (Wildman–Crippen LogP) is 1.81. The highest BCUT2D eigenvalue weighted by Crippen LogP contribution is 2.35. The summed E-state index contributed by atoms with van der Waals surface area (Å²) in [5.41, 5.74) is 1.06. The molecule has 13 heteroatoms. The van der Waals surface area contributed by atoms with Crippen LogP contribution >= 0.6 is 11.8 Å². The first-order valence-corrected chi connectivity index (χ1v) is 13.4. The number of aromatic nitrogens is 2. The highest BCUT2D eigenvalue weighted by Gasteiger charge is 2.20. The van der Waals surface area contributed by atoms with Gasteiger partial charge in [0.05, 0.1) is 23.3 Å². The minimum atomic E-state index is -0.277. The zero-order valence-electron chi connectivity index (χ0n) is 21.3. The fraction of sp³-hybridized carbons (Fsp3) is 0.385. The maximum atomic E-state index is 13.5. The van der Waals surface area contributed by atoms with E-state index in [0.29, 0.717) is 65.2 Å². The third kappa shape index (κ3) is 6.37. The molecule has 3 aromatic rings. The molecule has 2 N–H and O–H groups in total. The van der Waals surface area contributed by atoms with Gasteiger partial charge in [-0.3, -0.25) is 19.0 Å². The molecule has 0 radical (unpaired) electrons. The van der Waals surface area contributed by atoms with E-state index in [1.54, 1.807) is 19.2 Å². The van der Waals surface area contributed by atoms with E-state index in [1.807, 2.05) is 18.2 Å². The van der Waals surface area contributed by atoms with Crippen molar-refractivity contribution in [2.45, 2.75) is 31.1 Å². The molecule has 0 unspecified atom stereocenters. The molecule has 2 aromatic carbocycles. The number of methoxy groups -OCH3 is 1. The Morgan fingerprint density at radius 2 is 1.74 bits per heavy atom. The Morgan fingerprint density at radius 3 is 2.54 bits per heavy atom. The molecule has 3 heterocycles. The number of hydrogen-bond donors (Lipinski definition) is 2. The lowest BCUT2D eigenvalue weighted by molar-refractivity contribution is -0.121. The van der Waals surface area contributed by atoms with Gasteiger partial charge in [-0.15, -0.1) is 0 Å². The lowest BCUT2D eigenvalue weighted by Gasteiger charge is -2.14. The lowest BCUT2D eigenvalue weighted by atomic mass is 10.2. The molecular weight excluding hydrogens is 528 g/mol. The maximum Gasteiger partial charge on any atom is 0.262 e. The van der Waals surface area contributed by atoms with Gasteiger partial charge in [0.1, 0.15) is 0 Å². The van der Waals surface area contributed by atoms with Crippen LogP contribution in [0.5, 0.6) is 23.0 Å². The Hall–Kier alpha value is -3.97. The number of thioether (sulfide) groups is 1. The van der Waals surface area contributed by atoms with Crippen molar-refractivity contribution >= 4 is 34.5 Å². The van der Waals surface area contributed by atoms with Gasteiger partial charge in [0.15, 0.2) is 28.2 Å². The van der Waals surface area contributed by atoms with E-state index in [2.05, 4.69) is 15.6 Å². The van der Waals surface area contributed by atoms with Crippen molar-refractivity contribution in [2.24, 2.45) is 0 Å². The second-order valence-electron chi connectivity index (χ2n) is 8.77. The van der Waals surface area contributed by atoms with Crippen LogP contribution in [-0.2, 0) is 27.4 Å². The van der Waals surface area contributed by atoms with E-state index in [4.69, 9.17) is 23.7 Å². The van der Waals surface area contributed by atoms with Crippen LogP contribution in [0.3, 0.4) is 0 Å². The number of fused-ring (bicyclic) bond motifs is 3. The molecule has 0 saturated carbocycles. The minimum Gasteiger partial charge on any atom is -0.454 e. The van der Waals surface area contributed by atoms with E-state index in [-0.39, 0.29) is 49.7 Å². The Labute approximate surface area is 227 Å². The number of ether oxygens (including phenoxy) is 5. The summed E-state index contributed by atoms with van der Waals surface area (Å²) in [5, 5.41) is 6.40. The van der Waals surface area contributed by atoms with E-state index >= 15 is 0 Å². The standard InChI is InChI=1S/C26H28N4O8S/c1-34-8-6-27-24(32)13-39-26-29-18-11-22-21(37-15-38-22)10-17(18)25(33)30(26)7-2-3-23(31)28-12-16-4-5-19-20(9-16)36-14-35-19/h4-5,9-11H,2-3,6-8,12-15H2,1H3,(H,27,32)(H,28,31). The van der Waals surface area contributed by atoms with Gasteiger partial charge in [0.2, 0.25) is 25.4 Å². The molecule has 12 nitrogen and oxygen atoms in total. The van der Waals surface area contributed by atoms with Gasteiger partial charge in [-0.2, -0.15) is 0 Å². The molecule has 39 heavy (non-hydrogen) atoms. The van der Waals surface area contributed by atoms with E-state index in [9.17, 15) is 14.4 Å². The number of benzene rings is 2. The van der Waals surface area contributed by atoms with Gasteiger partial charge in [-0.05, 0) is 30.2 Å². The van der Waals surface area contributed by atoms with Crippen LogP contribution in [0.2, 0.25) is 0 Å². The van der Waals surface area contributed by atoms with Gasteiger partial charge in [-0.25, -0.2) is 4.98 Å². The van der Waals surface area contributed by atoms with Gasteiger partial charge in [0, 0.05) is 39.2 Å². The molecule has 1 aromatic heterocycles. The monoisotopic (exact) mass is 556 g/mol. The van der Waals surface area contributed by atoms with E-state index in [1.165, 1.54) is 4.57 Å². The van der Waals surface area contributed by atoms with Crippen LogP contribution in [0.25, 0.3) is 10.9 Å². The SMILES string of the molecule is COCCNC(=O)CSc1nc2cc3c(cc2c(=O)n1CCCC(=O)NCc1ccc2c(c1)OCO2)OCO3. The van der Waals surface area contributed by atoms with Crippen molar-refractivity contribution in [3.8, 4) is 23.0 Å². The number of rotatable bonds is 12. The molecular formula is C26H28N4O8S. The number of carbonyl (C=O) groups is 2. The number of amides is 2. The zero-order valence-corrected chi connectivity index (χ0v) is 22.1. The van der Waals surface area contributed by atoms with Crippen LogP contribution < -0.4 is 35.1 Å². The number of hydrogen-bond acceptors (Lipinski definition) is 10. The van der Waals surface area contributed by atoms with Crippen LogP contribution in [0.4, 0.5) is 0 Å². The zero-order chi connectivity index (χ0) is 27.2. The third-order valence-electron chi connectivity index (χ3n) is 6.09. The van der Waals surface area contributed by atoms with Gasteiger partial charge >= 0.3 is 0 Å². The molecule has 2 amide bonds. The fourth-order valence-electron chi connectivity index (χ4n) is 4.11. The summed E-state index contributed by atoms with van der Waals surface area (Å²) in [7, 11) is 1.56. The average Bonchev–Trinajstić information content (AvgIpc) is 3.60. The van der Waals surface area contributed by atoms with Gasteiger partial charge < -0.3 is 34.3 Å². The first-order chi connectivity index (χ1) is 19.0. The summed E-state index contributed by atoms with van der Waals surface area (Å²) >= 11 is 1.16. The molecule has 5 rings (SSSR count). The molecule has 0 aliphatic carbocycles. The predicted molar refractivity (Wildman–Crippen MR) is 141 cm³/mol. The van der Waals surface area contributed by atoms with Gasteiger partial charge in [-0.1, -0.05) is 17.8 Å². The molecule has 2 aliphatic rings. The Bertz CT molecular complexity index is 1440. The van der Waals surface area contributed by atoms with Crippen molar-refractivity contribution in [2.75, 3.05) is 39.6 Å². The second-order valence-corrected chi connectivity index (χ2v) is 9.72. The summed E-state index contributed by atoms with van der Waals surface area (Å²) in [5.74, 6) is 2.06. The van der Waals surface area contributed by atoms with Crippen molar-refractivity contribution < 1.29 is 33.3 Å². The molecule has 0 fully saturated rings. The first-order valence-electron chi connectivity index (χ1n) is 12.4. The summed E-state index contributed by atoms with van der Waals surface area (Å²) < 4.78 is 28.0. The number of nitrogens with zero attached hydrogens (tertiary/aromatic N) is 2. The Kier molecular flexibility index (Phi) is 8.37. The number of nitrogens with one attached hydrogen (secondary N) is 2. The molecule has 2 aliphatic heterocycles. The highest BCUT2D eigenvalue weighted by atomic mass is 32.2. The molecule has 0 bridgehead atoms.